The molecule has 0 saturated carbocycles. The molecule has 0 atom stereocenters. The topological polar surface area (TPSA) is 46.9 Å². The number of aryl methyl sites for hydroxylation is 3. The largest absolute Gasteiger partial charge is 0.322 e. The molecule has 0 fully saturated rings. The van der Waals surface area contributed by atoms with Gasteiger partial charge in [-0.3, -0.25) is 9.48 Å². The standard InChI is InChI=1S/C14H15BrFN3O/c1-4-12-9(7-19(3)18-12)14(20)17-13-6-10(15)11(16)5-8(13)2/h5-7H,4H2,1-3H3,(H,17,20). The van der Waals surface area contributed by atoms with Crippen LogP contribution in [0.4, 0.5) is 10.1 Å². The number of carbonyl (C=O) groups is 1. The number of carbonyl (C=O) groups excluding carboxylic acids is 1. The van der Waals surface area contributed by atoms with E-state index in [0.29, 0.717) is 27.7 Å². The first-order chi connectivity index (χ1) is 9.42. The average molecular weight is 340 g/mol. The Morgan fingerprint density at radius 2 is 2.20 bits per heavy atom. The zero-order chi connectivity index (χ0) is 14.9. The monoisotopic (exact) mass is 339 g/mol. The SMILES string of the molecule is CCc1nn(C)cc1C(=O)Nc1cc(Br)c(F)cc1C. The minimum atomic E-state index is -0.351. The van der Waals surface area contributed by atoms with Crippen molar-refractivity contribution in [1.29, 1.82) is 0 Å². The first-order valence-corrected chi connectivity index (χ1v) is 7.01. The Bertz CT molecular complexity index is 667. The molecule has 1 amide bonds. The van der Waals surface area contributed by atoms with Crippen LogP contribution in [0.15, 0.2) is 22.8 Å². The lowest BCUT2D eigenvalue weighted by Gasteiger charge is -2.09. The van der Waals surface area contributed by atoms with Gasteiger partial charge < -0.3 is 5.32 Å². The Labute approximate surface area is 125 Å². The summed E-state index contributed by atoms with van der Waals surface area (Å²) in [5.74, 6) is -0.590. The van der Waals surface area contributed by atoms with Gasteiger partial charge in [-0.15, -0.1) is 0 Å². The molecule has 20 heavy (non-hydrogen) atoms. The van der Waals surface area contributed by atoms with Crippen molar-refractivity contribution in [3.05, 3.63) is 45.4 Å². The molecule has 1 aromatic carbocycles. The molecule has 0 spiro atoms. The van der Waals surface area contributed by atoms with E-state index in [9.17, 15) is 9.18 Å². The first kappa shape index (κ1) is 14.7. The third kappa shape index (κ3) is 2.90. The van der Waals surface area contributed by atoms with Gasteiger partial charge in [0.25, 0.3) is 5.91 Å². The van der Waals surface area contributed by atoms with Crippen LogP contribution < -0.4 is 5.32 Å². The van der Waals surface area contributed by atoms with Crippen molar-refractivity contribution in [3.8, 4) is 0 Å². The molecule has 0 bridgehead atoms. The quantitative estimate of drug-likeness (QED) is 0.930. The zero-order valence-electron chi connectivity index (χ0n) is 11.5. The zero-order valence-corrected chi connectivity index (χ0v) is 13.1. The smallest absolute Gasteiger partial charge is 0.259 e. The third-order valence-electron chi connectivity index (χ3n) is 3.00. The molecule has 6 heteroatoms. The van der Waals surface area contributed by atoms with Gasteiger partial charge >= 0.3 is 0 Å². The molecule has 2 aromatic rings. The van der Waals surface area contributed by atoms with E-state index in [4.69, 9.17) is 0 Å². The van der Waals surface area contributed by atoms with Gasteiger partial charge in [0.15, 0.2) is 0 Å². The molecule has 0 radical (unpaired) electrons. The van der Waals surface area contributed by atoms with Gasteiger partial charge in [0.2, 0.25) is 0 Å². The third-order valence-corrected chi connectivity index (χ3v) is 3.61. The highest BCUT2D eigenvalue weighted by molar-refractivity contribution is 9.10. The lowest BCUT2D eigenvalue weighted by molar-refractivity contribution is 0.102. The maximum absolute atomic E-state index is 13.4. The molecule has 0 saturated heterocycles. The molecule has 106 valence electrons. The first-order valence-electron chi connectivity index (χ1n) is 6.22. The molecule has 4 nitrogen and oxygen atoms in total. The highest BCUT2D eigenvalue weighted by Gasteiger charge is 2.16. The van der Waals surface area contributed by atoms with Gasteiger partial charge in [-0.2, -0.15) is 5.10 Å². The summed E-state index contributed by atoms with van der Waals surface area (Å²) in [4.78, 5) is 12.3. The van der Waals surface area contributed by atoms with E-state index in [-0.39, 0.29) is 11.7 Å². The summed E-state index contributed by atoms with van der Waals surface area (Å²) in [5.41, 5.74) is 2.52. The van der Waals surface area contributed by atoms with Gasteiger partial charge in [0.1, 0.15) is 5.82 Å². The van der Waals surface area contributed by atoms with Crippen molar-refractivity contribution in [2.24, 2.45) is 7.05 Å². The number of nitrogens with zero attached hydrogens (tertiary/aromatic N) is 2. The Morgan fingerprint density at radius 1 is 1.50 bits per heavy atom. The van der Waals surface area contributed by atoms with E-state index in [2.05, 4.69) is 26.3 Å². The van der Waals surface area contributed by atoms with Crippen molar-refractivity contribution in [1.82, 2.24) is 9.78 Å². The van der Waals surface area contributed by atoms with Crippen LogP contribution in [0.25, 0.3) is 0 Å². The number of hydrogen-bond acceptors (Lipinski definition) is 2. The second-order valence-electron chi connectivity index (χ2n) is 4.55. The van der Waals surface area contributed by atoms with Crippen LogP contribution in [0.3, 0.4) is 0 Å². The number of nitrogens with one attached hydrogen (secondary N) is 1. The molecule has 1 heterocycles. The molecule has 0 unspecified atom stereocenters. The van der Waals surface area contributed by atoms with E-state index in [1.54, 1.807) is 30.9 Å². The molecule has 2 rings (SSSR count). The van der Waals surface area contributed by atoms with E-state index in [1.807, 2.05) is 6.92 Å². The summed E-state index contributed by atoms with van der Waals surface area (Å²) in [6.45, 7) is 3.69. The predicted octanol–water partition coefficient (Wildman–Crippen LogP) is 3.44. The highest BCUT2D eigenvalue weighted by Crippen LogP contribution is 2.25. The van der Waals surface area contributed by atoms with Gasteiger partial charge in [0.05, 0.1) is 15.7 Å². The van der Waals surface area contributed by atoms with Gasteiger partial charge in [-0.1, -0.05) is 6.92 Å². The second-order valence-corrected chi connectivity index (χ2v) is 5.41. The molecule has 0 aliphatic rings. The molecular weight excluding hydrogens is 325 g/mol. The fourth-order valence-electron chi connectivity index (χ4n) is 1.96. The summed E-state index contributed by atoms with van der Waals surface area (Å²) in [5, 5.41) is 7.03. The number of anilines is 1. The Hall–Kier alpha value is -1.69. The van der Waals surface area contributed by atoms with Crippen LogP contribution >= 0.6 is 15.9 Å². The maximum atomic E-state index is 13.4. The van der Waals surface area contributed by atoms with E-state index in [1.165, 1.54) is 6.07 Å². The number of rotatable bonds is 3. The Kier molecular flexibility index (Phi) is 4.23. The van der Waals surface area contributed by atoms with Crippen LogP contribution in [-0.2, 0) is 13.5 Å². The van der Waals surface area contributed by atoms with Crippen molar-refractivity contribution >= 4 is 27.5 Å². The summed E-state index contributed by atoms with van der Waals surface area (Å²) < 4.78 is 15.3. The highest BCUT2D eigenvalue weighted by atomic mass is 79.9. The van der Waals surface area contributed by atoms with Crippen molar-refractivity contribution in [2.75, 3.05) is 5.32 Å². The molecule has 0 aliphatic carbocycles. The van der Waals surface area contributed by atoms with Gasteiger partial charge in [-0.25, -0.2) is 4.39 Å². The fraction of sp³-hybridized carbons (Fsp3) is 0.286. The maximum Gasteiger partial charge on any atom is 0.259 e. The van der Waals surface area contributed by atoms with Crippen molar-refractivity contribution < 1.29 is 9.18 Å². The van der Waals surface area contributed by atoms with E-state index < -0.39 is 0 Å². The van der Waals surface area contributed by atoms with Crippen molar-refractivity contribution in [2.45, 2.75) is 20.3 Å². The van der Waals surface area contributed by atoms with Gasteiger partial charge in [0, 0.05) is 18.9 Å². The van der Waals surface area contributed by atoms with Crippen LogP contribution in [0.5, 0.6) is 0 Å². The Balaban J connectivity index is 2.30. The fourth-order valence-corrected chi connectivity index (χ4v) is 2.30. The predicted molar refractivity (Wildman–Crippen MR) is 79.4 cm³/mol. The van der Waals surface area contributed by atoms with E-state index >= 15 is 0 Å². The number of halogens is 2. The Morgan fingerprint density at radius 3 is 2.85 bits per heavy atom. The minimum absolute atomic E-state index is 0.239. The number of aromatic nitrogens is 2. The molecular formula is C14H15BrFN3O. The molecule has 1 aromatic heterocycles. The lowest BCUT2D eigenvalue weighted by Crippen LogP contribution is -2.14. The minimum Gasteiger partial charge on any atom is -0.322 e. The molecule has 0 aliphatic heterocycles. The van der Waals surface area contributed by atoms with E-state index in [0.717, 1.165) is 5.69 Å². The second kappa shape index (κ2) is 5.75. The number of benzene rings is 1. The summed E-state index contributed by atoms with van der Waals surface area (Å²) in [7, 11) is 1.77. The normalized spacial score (nSPS) is 10.7. The van der Waals surface area contributed by atoms with Crippen molar-refractivity contribution in [3.63, 3.8) is 0 Å². The van der Waals surface area contributed by atoms with Crippen LogP contribution in [-0.4, -0.2) is 15.7 Å². The van der Waals surface area contributed by atoms with Crippen LogP contribution in [0.1, 0.15) is 28.5 Å². The summed E-state index contributed by atoms with van der Waals surface area (Å²) in [6, 6.07) is 2.94. The summed E-state index contributed by atoms with van der Waals surface area (Å²) >= 11 is 3.12. The number of amides is 1. The van der Waals surface area contributed by atoms with Crippen LogP contribution in [0.2, 0.25) is 0 Å². The van der Waals surface area contributed by atoms with Crippen LogP contribution in [0, 0.1) is 12.7 Å². The van der Waals surface area contributed by atoms with Gasteiger partial charge in [-0.05, 0) is 47.0 Å². The number of hydrogen-bond donors (Lipinski definition) is 1. The molecule has 1 N–H and O–H groups in total. The average Bonchev–Trinajstić information content (AvgIpc) is 2.77. The summed E-state index contributed by atoms with van der Waals surface area (Å²) in [6.07, 6.45) is 2.36. The lowest BCUT2D eigenvalue weighted by atomic mass is 10.1.